The van der Waals surface area contributed by atoms with Crippen molar-refractivity contribution >= 4 is 39.7 Å². The van der Waals surface area contributed by atoms with Crippen LogP contribution in [0.15, 0.2) is 0 Å². The van der Waals surface area contributed by atoms with Crippen LogP contribution >= 0.6 is 22.7 Å². The second-order valence-corrected chi connectivity index (χ2v) is 10.5. The van der Waals surface area contributed by atoms with Gasteiger partial charge in [-0.15, -0.1) is 22.7 Å². The molecular formula is C22H28F3N3O3S2. The fraction of sp³-hybridized carbons (Fsp3) is 0.545. The number of esters is 1. The molecule has 0 spiro atoms. The van der Waals surface area contributed by atoms with Crippen LogP contribution in [-0.2, 0) is 30.4 Å². The molecule has 0 aromatic carbocycles. The standard InChI is InChI=1S/C22H28F3N3O3S2/c1-6-28-8-7-14-15(18(22(23,24)25)33-16(14)10-28)9-26-21(30)27-19-17(12(4)13(5)32-19)20(29)31-11(2)3/h11H,6-10H2,1-5H3,(H2,26,27,30). The van der Waals surface area contributed by atoms with Gasteiger partial charge in [-0.1, -0.05) is 6.92 Å². The van der Waals surface area contributed by atoms with Crippen molar-refractivity contribution in [1.82, 2.24) is 10.2 Å². The van der Waals surface area contributed by atoms with E-state index in [-0.39, 0.29) is 23.8 Å². The summed E-state index contributed by atoms with van der Waals surface area (Å²) in [5.41, 5.74) is 1.78. The second-order valence-electron chi connectivity index (χ2n) is 8.18. The molecule has 0 fully saturated rings. The Morgan fingerprint density at radius 2 is 1.91 bits per heavy atom. The van der Waals surface area contributed by atoms with E-state index in [2.05, 4.69) is 15.5 Å². The summed E-state index contributed by atoms with van der Waals surface area (Å²) in [5, 5.41) is 5.49. The molecule has 33 heavy (non-hydrogen) atoms. The lowest BCUT2D eigenvalue weighted by molar-refractivity contribution is -0.135. The first-order valence-corrected chi connectivity index (χ1v) is 12.3. The Bertz CT molecular complexity index is 1040. The largest absolute Gasteiger partial charge is 0.459 e. The molecule has 1 aliphatic heterocycles. The third-order valence-corrected chi connectivity index (χ3v) is 7.96. The van der Waals surface area contributed by atoms with E-state index >= 15 is 0 Å². The number of alkyl halides is 3. The van der Waals surface area contributed by atoms with Gasteiger partial charge in [0.1, 0.15) is 9.88 Å². The van der Waals surface area contributed by atoms with E-state index in [0.717, 1.165) is 22.8 Å². The fourth-order valence-corrected chi connectivity index (χ4v) is 6.08. The molecule has 0 unspecified atom stereocenters. The highest BCUT2D eigenvalue weighted by Crippen LogP contribution is 2.42. The van der Waals surface area contributed by atoms with Crippen LogP contribution in [0.3, 0.4) is 0 Å². The molecule has 2 aromatic rings. The molecule has 0 aliphatic carbocycles. The molecular weight excluding hydrogens is 475 g/mol. The first kappa shape index (κ1) is 25.5. The zero-order chi connectivity index (χ0) is 24.5. The number of carbonyl (C=O) groups excluding carboxylic acids is 2. The quantitative estimate of drug-likeness (QED) is 0.496. The van der Waals surface area contributed by atoms with Crippen LogP contribution in [0.2, 0.25) is 0 Å². The zero-order valence-corrected chi connectivity index (χ0v) is 20.9. The monoisotopic (exact) mass is 503 g/mol. The smallest absolute Gasteiger partial charge is 0.425 e. The van der Waals surface area contributed by atoms with Crippen LogP contribution in [0.1, 0.15) is 62.5 Å². The molecule has 3 heterocycles. The molecule has 1 aliphatic rings. The lowest BCUT2D eigenvalue weighted by Gasteiger charge is -2.25. The molecule has 182 valence electrons. The highest BCUT2D eigenvalue weighted by molar-refractivity contribution is 7.16. The Hall–Kier alpha value is -2.11. The van der Waals surface area contributed by atoms with E-state index < -0.39 is 23.1 Å². The van der Waals surface area contributed by atoms with Gasteiger partial charge in [-0.05, 0) is 57.4 Å². The number of ether oxygens (including phenoxy) is 1. The van der Waals surface area contributed by atoms with Gasteiger partial charge in [-0.3, -0.25) is 10.2 Å². The summed E-state index contributed by atoms with van der Waals surface area (Å²) in [6.07, 6.45) is -4.29. The van der Waals surface area contributed by atoms with Gasteiger partial charge >= 0.3 is 18.2 Å². The van der Waals surface area contributed by atoms with Crippen molar-refractivity contribution in [1.29, 1.82) is 0 Å². The Kier molecular flexibility index (Phi) is 7.75. The SMILES string of the molecule is CCN1CCc2c(sc(C(F)(F)F)c2CNC(=O)Nc2sc(C)c(C)c2C(=O)OC(C)C)C1. The van der Waals surface area contributed by atoms with Gasteiger partial charge in [-0.25, -0.2) is 9.59 Å². The average molecular weight is 504 g/mol. The summed E-state index contributed by atoms with van der Waals surface area (Å²) in [5.74, 6) is -0.547. The number of nitrogens with one attached hydrogen (secondary N) is 2. The topological polar surface area (TPSA) is 70.7 Å². The number of anilines is 1. The first-order valence-electron chi connectivity index (χ1n) is 10.7. The Balaban J connectivity index is 1.78. The number of urea groups is 1. The number of hydrogen-bond donors (Lipinski definition) is 2. The fourth-order valence-electron chi connectivity index (χ4n) is 3.76. The lowest BCUT2D eigenvalue weighted by Crippen LogP contribution is -2.32. The number of nitrogens with zero attached hydrogens (tertiary/aromatic N) is 1. The number of rotatable bonds is 6. The number of carbonyl (C=O) groups is 2. The van der Waals surface area contributed by atoms with Crippen molar-refractivity contribution in [3.63, 3.8) is 0 Å². The summed E-state index contributed by atoms with van der Waals surface area (Å²) in [7, 11) is 0. The van der Waals surface area contributed by atoms with Gasteiger partial charge in [-0.2, -0.15) is 13.2 Å². The summed E-state index contributed by atoms with van der Waals surface area (Å²) in [4.78, 5) is 28.1. The molecule has 0 saturated carbocycles. The minimum Gasteiger partial charge on any atom is -0.459 e. The maximum Gasteiger partial charge on any atom is 0.425 e. The van der Waals surface area contributed by atoms with Crippen molar-refractivity contribution in [3.05, 3.63) is 36.9 Å². The number of hydrogen-bond acceptors (Lipinski definition) is 6. The Labute approximate surface area is 199 Å². The van der Waals surface area contributed by atoms with Gasteiger partial charge in [0.15, 0.2) is 0 Å². The summed E-state index contributed by atoms with van der Waals surface area (Å²) >= 11 is 1.99. The Morgan fingerprint density at radius 1 is 1.21 bits per heavy atom. The predicted molar refractivity (Wildman–Crippen MR) is 124 cm³/mol. The minimum atomic E-state index is -4.48. The number of fused-ring (bicyclic) bond motifs is 1. The van der Waals surface area contributed by atoms with Gasteiger partial charge < -0.3 is 10.1 Å². The van der Waals surface area contributed by atoms with Crippen LogP contribution in [0.5, 0.6) is 0 Å². The van der Waals surface area contributed by atoms with E-state index in [0.29, 0.717) is 40.5 Å². The van der Waals surface area contributed by atoms with E-state index in [1.807, 2.05) is 13.8 Å². The van der Waals surface area contributed by atoms with Gasteiger partial charge in [0.05, 0.1) is 11.7 Å². The number of amides is 2. The van der Waals surface area contributed by atoms with Crippen LogP contribution in [0.4, 0.5) is 23.0 Å². The molecule has 6 nitrogen and oxygen atoms in total. The van der Waals surface area contributed by atoms with Crippen LogP contribution in [0.25, 0.3) is 0 Å². The number of likely N-dealkylation sites (N-methyl/N-ethyl adjacent to an activating group) is 1. The number of halogens is 3. The normalized spacial score (nSPS) is 14.3. The van der Waals surface area contributed by atoms with E-state index in [9.17, 15) is 22.8 Å². The minimum absolute atomic E-state index is 0.131. The number of thiophene rings is 2. The third-order valence-electron chi connectivity index (χ3n) is 5.54. The van der Waals surface area contributed by atoms with Crippen molar-refractivity contribution in [3.8, 4) is 0 Å². The maximum absolute atomic E-state index is 13.7. The average Bonchev–Trinajstić information content (AvgIpc) is 3.22. The van der Waals surface area contributed by atoms with Crippen molar-refractivity contribution in [2.75, 3.05) is 18.4 Å². The van der Waals surface area contributed by atoms with Gasteiger partial charge in [0, 0.05) is 29.4 Å². The molecule has 11 heteroatoms. The highest BCUT2D eigenvalue weighted by Gasteiger charge is 2.39. The molecule has 3 rings (SSSR count). The third kappa shape index (κ3) is 5.70. The van der Waals surface area contributed by atoms with Crippen LogP contribution in [-0.4, -0.2) is 36.1 Å². The van der Waals surface area contributed by atoms with Gasteiger partial charge in [0.25, 0.3) is 0 Å². The summed E-state index contributed by atoms with van der Waals surface area (Å²) in [6, 6.07) is -0.672. The molecule has 0 saturated heterocycles. The molecule has 2 N–H and O–H groups in total. The second kappa shape index (κ2) is 10.0. The first-order chi connectivity index (χ1) is 15.4. The molecule has 2 amide bonds. The van der Waals surface area contributed by atoms with E-state index in [1.54, 1.807) is 20.8 Å². The van der Waals surface area contributed by atoms with Crippen molar-refractivity contribution in [2.45, 2.75) is 66.4 Å². The van der Waals surface area contributed by atoms with Crippen LogP contribution < -0.4 is 10.6 Å². The summed E-state index contributed by atoms with van der Waals surface area (Å²) < 4.78 is 46.4. The molecule has 2 aromatic heterocycles. The van der Waals surface area contributed by atoms with Crippen molar-refractivity contribution in [2.24, 2.45) is 0 Å². The van der Waals surface area contributed by atoms with E-state index in [4.69, 9.17) is 4.74 Å². The Morgan fingerprint density at radius 3 is 2.52 bits per heavy atom. The molecule has 0 radical (unpaired) electrons. The molecule has 0 atom stereocenters. The van der Waals surface area contributed by atoms with Gasteiger partial charge in [0.2, 0.25) is 0 Å². The number of aryl methyl sites for hydroxylation is 1. The molecule has 0 bridgehead atoms. The predicted octanol–water partition coefficient (Wildman–Crippen LogP) is 5.71. The zero-order valence-electron chi connectivity index (χ0n) is 19.2. The van der Waals surface area contributed by atoms with Crippen molar-refractivity contribution < 1.29 is 27.5 Å². The maximum atomic E-state index is 13.7. The lowest BCUT2D eigenvalue weighted by atomic mass is 10.0. The summed E-state index contributed by atoms with van der Waals surface area (Å²) in [6.45, 7) is 10.7. The highest BCUT2D eigenvalue weighted by atomic mass is 32.1. The van der Waals surface area contributed by atoms with E-state index in [1.165, 1.54) is 11.3 Å². The van der Waals surface area contributed by atoms with Crippen LogP contribution in [0, 0.1) is 13.8 Å².